The highest BCUT2D eigenvalue weighted by Gasteiger charge is 2.16. The Morgan fingerprint density at radius 1 is 1.20 bits per heavy atom. The van der Waals surface area contributed by atoms with Crippen LogP contribution in [0.25, 0.3) is 0 Å². The first-order valence-electron chi connectivity index (χ1n) is 6.50. The van der Waals surface area contributed by atoms with E-state index >= 15 is 0 Å². The molecule has 0 amide bonds. The minimum Gasteiger partial charge on any atom is -0.309 e. The van der Waals surface area contributed by atoms with Crippen molar-refractivity contribution in [3.63, 3.8) is 0 Å². The molecule has 0 saturated heterocycles. The number of hydrogen-bond acceptors (Lipinski definition) is 2. The highest BCUT2D eigenvalue weighted by atomic mass is 79.9. The van der Waals surface area contributed by atoms with Crippen LogP contribution in [0.2, 0.25) is 0 Å². The maximum absolute atomic E-state index is 14.0. The number of nitrogens with one attached hydrogen (secondary N) is 1. The third-order valence-corrected chi connectivity index (χ3v) is 4.47. The normalized spacial score (nSPS) is 12.4. The number of hydrogen-bond donors (Lipinski definition) is 1. The smallest absolute Gasteiger partial charge is 0.128 e. The first-order chi connectivity index (χ1) is 9.65. The lowest BCUT2D eigenvalue weighted by Crippen LogP contribution is -2.19. The van der Waals surface area contributed by atoms with E-state index in [9.17, 15) is 4.39 Å². The molecule has 0 aliphatic heterocycles. The van der Waals surface area contributed by atoms with Crippen molar-refractivity contribution in [1.82, 2.24) is 5.32 Å². The second-order valence-corrected chi connectivity index (χ2v) is 6.64. The Bertz CT molecular complexity index is 571. The molecule has 0 spiro atoms. The molecule has 2 rings (SSSR count). The van der Waals surface area contributed by atoms with Crippen molar-refractivity contribution in [2.24, 2.45) is 0 Å². The van der Waals surface area contributed by atoms with Gasteiger partial charge in [0.1, 0.15) is 5.82 Å². The number of thioether (sulfide) groups is 1. The third kappa shape index (κ3) is 3.62. The van der Waals surface area contributed by atoms with Crippen molar-refractivity contribution in [3.05, 3.63) is 63.9 Å². The van der Waals surface area contributed by atoms with Crippen LogP contribution in [-0.2, 0) is 0 Å². The van der Waals surface area contributed by atoms with E-state index in [-0.39, 0.29) is 11.9 Å². The predicted molar refractivity (Wildman–Crippen MR) is 87.8 cm³/mol. The lowest BCUT2D eigenvalue weighted by Gasteiger charge is -2.18. The van der Waals surface area contributed by atoms with E-state index in [0.29, 0.717) is 5.56 Å². The molecule has 20 heavy (non-hydrogen) atoms. The maximum atomic E-state index is 14.0. The van der Waals surface area contributed by atoms with E-state index in [2.05, 4.69) is 52.4 Å². The number of benzene rings is 2. The molecule has 0 radical (unpaired) electrons. The molecule has 1 N–H and O–H groups in total. The van der Waals surface area contributed by atoms with Gasteiger partial charge in [-0.25, -0.2) is 4.39 Å². The van der Waals surface area contributed by atoms with E-state index in [1.165, 1.54) is 11.0 Å². The molecule has 1 unspecified atom stereocenters. The van der Waals surface area contributed by atoms with Gasteiger partial charge in [0.2, 0.25) is 0 Å². The molecule has 0 bridgehead atoms. The van der Waals surface area contributed by atoms with Crippen molar-refractivity contribution in [1.29, 1.82) is 0 Å². The Morgan fingerprint density at radius 3 is 2.50 bits per heavy atom. The average molecular weight is 354 g/mol. The van der Waals surface area contributed by atoms with Gasteiger partial charge >= 0.3 is 0 Å². The molecule has 1 nitrogen and oxygen atoms in total. The molecule has 0 aromatic heterocycles. The Balaban J connectivity index is 2.34. The van der Waals surface area contributed by atoms with Gasteiger partial charge in [-0.1, -0.05) is 35.0 Å². The Kier molecular flexibility index (Phi) is 5.64. The SMILES string of the molecule is CCSc1ccc(C(NC)c2cc(Br)ccc2F)cc1. The van der Waals surface area contributed by atoms with Crippen molar-refractivity contribution in [2.45, 2.75) is 17.9 Å². The largest absolute Gasteiger partial charge is 0.309 e. The van der Waals surface area contributed by atoms with Crippen molar-refractivity contribution >= 4 is 27.7 Å². The van der Waals surface area contributed by atoms with E-state index < -0.39 is 0 Å². The van der Waals surface area contributed by atoms with Gasteiger partial charge in [0.15, 0.2) is 0 Å². The summed E-state index contributed by atoms with van der Waals surface area (Å²) in [5.74, 6) is 0.856. The molecule has 106 valence electrons. The Morgan fingerprint density at radius 2 is 1.90 bits per heavy atom. The third-order valence-electron chi connectivity index (χ3n) is 3.08. The summed E-state index contributed by atoms with van der Waals surface area (Å²) in [6.07, 6.45) is 0. The van der Waals surface area contributed by atoms with Crippen LogP contribution in [0, 0.1) is 5.82 Å². The molecule has 0 saturated carbocycles. The van der Waals surface area contributed by atoms with Crippen molar-refractivity contribution < 1.29 is 4.39 Å². The van der Waals surface area contributed by atoms with Crippen LogP contribution >= 0.6 is 27.7 Å². The van der Waals surface area contributed by atoms with Gasteiger partial charge < -0.3 is 5.32 Å². The molecule has 4 heteroatoms. The van der Waals surface area contributed by atoms with Crippen LogP contribution in [-0.4, -0.2) is 12.8 Å². The summed E-state index contributed by atoms with van der Waals surface area (Å²) < 4.78 is 14.9. The molecular formula is C16H17BrFNS. The summed E-state index contributed by atoms with van der Waals surface area (Å²) in [4.78, 5) is 1.24. The van der Waals surface area contributed by atoms with Gasteiger partial charge in [0.25, 0.3) is 0 Å². The molecule has 0 fully saturated rings. The monoisotopic (exact) mass is 353 g/mol. The van der Waals surface area contributed by atoms with E-state index in [4.69, 9.17) is 0 Å². The van der Waals surface area contributed by atoms with Gasteiger partial charge in [-0.15, -0.1) is 11.8 Å². The molecule has 2 aromatic rings. The molecular weight excluding hydrogens is 337 g/mol. The minimum atomic E-state index is -0.195. The van der Waals surface area contributed by atoms with Gasteiger partial charge in [0.05, 0.1) is 6.04 Å². The zero-order valence-electron chi connectivity index (χ0n) is 11.5. The fraction of sp³-hybridized carbons (Fsp3) is 0.250. The number of rotatable bonds is 5. The van der Waals surface area contributed by atoms with Crippen LogP contribution in [0.3, 0.4) is 0 Å². The first kappa shape index (κ1) is 15.5. The molecule has 0 aliphatic rings. The van der Waals surface area contributed by atoms with E-state index in [1.54, 1.807) is 17.8 Å². The average Bonchev–Trinajstić information content (AvgIpc) is 2.45. The summed E-state index contributed by atoms with van der Waals surface area (Å²) in [6.45, 7) is 2.13. The standard InChI is InChI=1S/C16H17BrFNS/c1-3-20-13-7-4-11(5-8-13)16(19-2)14-10-12(17)6-9-15(14)18/h4-10,16,19H,3H2,1-2H3. The molecule has 1 atom stereocenters. The highest BCUT2D eigenvalue weighted by Crippen LogP contribution is 2.28. The quantitative estimate of drug-likeness (QED) is 0.758. The summed E-state index contributed by atoms with van der Waals surface area (Å²) in [6, 6.07) is 13.2. The van der Waals surface area contributed by atoms with E-state index in [1.807, 2.05) is 13.1 Å². The maximum Gasteiger partial charge on any atom is 0.128 e. The lowest BCUT2D eigenvalue weighted by molar-refractivity contribution is 0.575. The summed E-state index contributed by atoms with van der Waals surface area (Å²) in [5, 5.41) is 3.19. The molecule has 0 heterocycles. The van der Waals surface area contributed by atoms with Crippen LogP contribution in [0.4, 0.5) is 4.39 Å². The zero-order chi connectivity index (χ0) is 14.5. The predicted octanol–water partition coefficient (Wildman–Crippen LogP) is 5.01. The molecule has 2 aromatic carbocycles. The van der Waals surface area contributed by atoms with Crippen LogP contribution in [0.1, 0.15) is 24.1 Å². The Hall–Kier alpha value is -0.840. The summed E-state index contributed by atoms with van der Waals surface area (Å²) >= 11 is 5.20. The van der Waals surface area contributed by atoms with Crippen LogP contribution in [0.15, 0.2) is 51.8 Å². The highest BCUT2D eigenvalue weighted by molar-refractivity contribution is 9.10. The van der Waals surface area contributed by atoms with Crippen molar-refractivity contribution in [3.8, 4) is 0 Å². The fourth-order valence-corrected chi connectivity index (χ4v) is 3.20. The van der Waals surface area contributed by atoms with Gasteiger partial charge in [-0.3, -0.25) is 0 Å². The lowest BCUT2D eigenvalue weighted by atomic mass is 9.98. The minimum absolute atomic E-state index is 0.145. The number of halogens is 2. The fourth-order valence-electron chi connectivity index (χ4n) is 2.16. The van der Waals surface area contributed by atoms with Gasteiger partial charge in [-0.2, -0.15) is 0 Å². The zero-order valence-corrected chi connectivity index (χ0v) is 13.9. The van der Waals surface area contributed by atoms with Gasteiger partial charge in [0, 0.05) is 14.9 Å². The first-order valence-corrected chi connectivity index (χ1v) is 8.28. The van der Waals surface area contributed by atoms with Gasteiger partial charge in [-0.05, 0) is 48.7 Å². The summed E-state index contributed by atoms with van der Waals surface area (Å²) in [5.41, 5.74) is 1.71. The topological polar surface area (TPSA) is 12.0 Å². The van der Waals surface area contributed by atoms with Crippen molar-refractivity contribution in [2.75, 3.05) is 12.8 Å². The molecule has 0 aliphatic carbocycles. The second kappa shape index (κ2) is 7.25. The second-order valence-electron chi connectivity index (χ2n) is 4.39. The Labute approximate surface area is 132 Å². The van der Waals surface area contributed by atoms with E-state index in [0.717, 1.165) is 15.8 Å². The van der Waals surface area contributed by atoms with Crippen LogP contribution in [0.5, 0.6) is 0 Å². The summed E-state index contributed by atoms with van der Waals surface area (Å²) in [7, 11) is 1.85. The van der Waals surface area contributed by atoms with Crippen LogP contribution < -0.4 is 5.32 Å².